The number of hydrogen-bond donors (Lipinski definition) is 3. The first-order valence-electron chi connectivity index (χ1n) is 8.59. The van der Waals surface area contributed by atoms with Crippen LogP contribution in [0.3, 0.4) is 0 Å². The highest BCUT2D eigenvalue weighted by molar-refractivity contribution is 5.85. The molecule has 0 unspecified atom stereocenters. The summed E-state index contributed by atoms with van der Waals surface area (Å²) in [4.78, 5) is 25.7. The van der Waals surface area contributed by atoms with Crippen molar-refractivity contribution in [3.8, 4) is 0 Å². The third-order valence-electron chi connectivity index (χ3n) is 4.59. The quantitative estimate of drug-likeness (QED) is 0.688. The third kappa shape index (κ3) is 6.55. The smallest absolute Gasteiger partial charge is 0.317 e. The van der Waals surface area contributed by atoms with Gasteiger partial charge in [-0.3, -0.25) is 4.79 Å². The normalized spacial score (nSPS) is 15.1. The van der Waals surface area contributed by atoms with Gasteiger partial charge < -0.3 is 21.3 Å². The molecule has 6 nitrogen and oxygen atoms in total. The molecule has 1 aliphatic rings. The first-order chi connectivity index (χ1) is 11.5. The van der Waals surface area contributed by atoms with E-state index < -0.39 is 0 Å². The summed E-state index contributed by atoms with van der Waals surface area (Å²) in [6, 6.07) is 9.61. The van der Waals surface area contributed by atoms with Crippen molar-refractivity contribution in [1.82, 2.24) is 15.5 Å². The minimum Gasteiger partial charge on any atom is -0.349 e. The minimum atomic E-state index is -0.231. The van der Waals surface area contributed by atoms with Gasteiger partial charge in [-0.05, 0) is 18.4 Å². The van der Waals surface area contributed by atoms with Gasteiger partial charge in [-0.25, -0.2) is 4.79 Å². The number of carbonyl (C=O) groups is 2. The van der Waals surface area contributed by atoms with E-state index in [1.54, 1.807) is 11.9 Å². The van der Waals surface area contributed by atoms with Crippen molar-refractivity contribution in [3.05, 3.63) is 35.9 Å². The number of nitrogens with one attached hydrogen (secondary N) is 2. The number of urea groups is 1. The lowest BCUT2D eigenvalue weighted by Gasteiger charge is -2.28. The molecule has 25 heavy (non-hydrogen) atoms. The maximum absolute atomic E-state index is 12.1. The van der Waals surface area contributed by atoms with Crippen molar-refractivity contribution in [1.29, 1.82) is 0 Å². The van der Waals surface area contributed by atoms with Crippen LogP contribution in [0.1, 0.15) is 37.7 Å². The van der Waals surface area contributed by atoms with Crippen LogP contribution in [0.2, 0.25) is 0 Å². The summed E-state index contributed by atoms with van der Waals surface area (Å²) >= 11 is 0. The summed E-state index contributed by atoms with van der Waals surface area (Å²) in [5, 5.41) is 5.84. The summed E-state index contributed by atoms with van der Waals surface area (Å²) < 4.78 is 0. The predicted molar refractivity (Wildman–Crippen MR) is 102 cm³/mol. The van der Waals surface area contributed by atoms with Gasteiger partial charge in [-0.2, -0.15) is 0 Å². The van der Waals surface area contributed by atoms with E-state index >= 15 is 0 Å². The molecule has 1 aliphatic carbocycles. The standard InChI is InChI=1S/C18H28N4O2.ClH/c1-22(13-15-7-3-2-4-8-15)17(24)20-12-9-16(23)21-18(14-19)10-5-6-11-18;/h2-4,7-8H,5-6,9-14,19H2,1H3,(H,20,24)(H,21,23);1H. The van der Waals surface area contributed by atoms with Crippen LogP contribution in [-0.4, -0.2) is 42.5 Å². The zero-order valence-corrected chi connectivity index (χ0v) is 15.6. The third-order valence-corrected chi connectivity index (χ3v) is 4.59. The Balaban J connectivity index is 0.00000312. The molecular formula is C18H29ClN4O2. The van der Waals surface area contributed by atoms with Crippen LogP contribution >= 0.6 is 12.4 Å². The number of carbonyl (C=O) groups excluding carboxylic acids is 2. The molecule has 1 fully saturated rings. The number of nitrogens with zero attached hydrogens (tertiary/aromatic N) is 1. The van der Waals surface area contributed by atoms with Crippen LogP contribution in [0.5, 0.6) is 0 Å². The fourth-order valence-electron chi connectivity index (χ4n) is 3.14. The number of benzene rings is 1. The summed E-state index contributed by atoms with van der Waals surface area (Å²) in [7, 11) is 1.74. The van der Waals surface area contributed by atoms with Crippen molar-refractivity contribution < 1.29 is 9.59 Å². The van der Waals surface area contributed by atoms with E-state index in [9.17, 15) is 9.59 Å². The Hall–Kier alpha value is -1.79. The van der Waals surface area contributed by atoms with Crippen molar-refractivity contribution >= 4 is 24.3 Å². The maximum atomic E-state index is 12.1. The number of halogens is 1. The van der Waals surface area contributed by atoms with E-state index in [1.165, 1.54) is 0 Å². The molecule has 2 rings (SSSR count). The number of rotatable bonds is 7. The lowest BCUT2D eigenvalue weighted by atomic mass is 9.97. The summed E-state index contributed by atoms with van der Waals surface area (Å²) in [5.74, 6) is -0.0478. The van der Waals surface area contributed by atoms with Crippen molar-refractivity contribution in [2.45, 2.75) is 44.2 Å². The molecule has 0 atom stereocenters. The SMILES string of the molecule is CN(Cc1ccccc1)C(=O)NCCC(=O)NC1(CN)CCCC1.Cl. The molecule has 0 heterocycles. The molecule has 0 saturated heterocycles. The Labute approximate surface area is 155 Å². The maximum Gasteiger partial charge on any atom is 0.317 e. The number of nitrogens with two attached hydrogens (primary N) is 1. The van der Waals surface area contributed by atoms with Gasteiger partial charge >= 0.3 is 6.03 Å². The Morgan fingerprint density at radius 3 is 2.44 bits per heavy atom. The Morgan fingerprint density at radius 2 is 1.84 bits per heavy atom. The fourth-order valence-corrected chi connectivity index (χ4v) is 3.14. The Bertz CT molecular complexity index is 547. The molecule has 7 heteroatoms. The molecule has 3 amide bonds. The molecule has 4 N–H and O–H groups in total. The van der Waals surface area contributed by atoms with Crippen LogP contribution in [0, 0.1) is 0 Å². The molecule has 0 spiro atoms. The van der Waals surface area contributed by atoms with Crippen molar-refractivity contribution in [2.24, 2.45) is 5.73 Å². The number of hydrogen-bond acceptors (Lipinski definition) is 3. The van der Waals surface area contributed by atoms with E-state index in [4.69, 9.17) is 5.73 Å². The first-order valence-corrected chi connectivity index (χ1v) is 8.59. The zero-order chi connectivity index (χ0) is 17.4. The van der Waals surface area contributed by atoms with Crippen molar-refractivity contribution in [3.63, 3.8) is 0 Å². The van der Waals surface area contributed by atoms with E-state index in [0.29, 0.717) is 19.6 Å². The van der Waals surface area contributed by atoms with Gasteiger partial charge in [0.15, 0.2) is 0 Å². The lowest BCUT2D eigenvalue weighted by molar-refractivity contribution is -0.122. The number of amides is 3. The highest BCUT2D eigenvalue weighted by Gasteiger charge is 2.33. The Kier molecular flexibility index (Phi) is 8.72. The van der Waals surface area contributed by atoms with Crippen LogP contribution in [-0.2, 0) is 11.3 Å². The van der Waals surface area contributed by atoms with E-state index in [1.807, 2.05) is 30.3 Å². The fraction of sp³-hybridized carbons (Fsp3) is 0.556. The lowest BCUT2D eigenvalue weighted by Crippen LogP contribution is -2.52. The zero-order valence-electron chi connectivity index (χ0n) is 14.8. The molecule has 140 valence electrons. The van der Waals surface area contributed by atoms with Crippen LogP contribution < -0.4 is 16.4 Å². The van der Waals surface area contributed by atoms with E-state index in [-0.39, 0.29) is 36.3 Å². The van der Waals surface area contributed by atoms with Gasteiger partial charge in [-0.1, -0.05) is 43.2 Å². The van der Waals surface area contributed by atoms with Crippen LogP contribution in [0.4, 0.5) is 4.79 Å². The van der Waals surface area contributed by atoms with Crippen LogP contribution in [0.25, 0.3) is 0 Å². The second kappa shape index (κ2) is 10.3. The molecule has 1 saturated carbocycles. The highest BCUT2D eigenvalue weighted by Crippen LogP contribution is 2.28. The van der Waals surface area contributed by atoms with Gasteiger partial charge in [0.05, 0.1) is 5.54 Å². The molecular weight excluding hydrogens is 340 g/mol. The topological polar surface area (TPSA) is 87.5 Å². The van der Waals surface area contributed by atoms with E-state index in [2.05, 4.69) is 10.6 Å². The average molecular weight is 369 g/mol. The van der Waals surface area contributed by atoms with Gasteiger partial charge in [0.2, 0.25) is 5.91 Å². The monoisotopic (exact) mass is 368 g/mol. The van der Waals surface area contributed by atoms with Gasteiger partial charge in [0.1, 0.15) is 0 Å². The van der Waals surface area contributed by atoms with Crippen molar-refractivity contribution in [2.75, 3.05) is 20.1 Å². The molecule has 0 bridgehead atoms. The summed E-state index contributed by atoms with van der Waals surface area (Å²) in [6.45, 7) is 1.34. The highest BCUT2D eigenvalue weighted by atomic mass is 35.5. The average Bonchev–Trinajstić information content (AvgIpc) is 3.04. The molecule has 1 aromatic rings. The largest absolute Gasteiger partial charge is 0.349 e. The Morgan fingerprint density at radius 1 is 1.20 bits per heavy atom. The second-order valence-corrected chi connectivity index (χ2v) is 6.56. The van der Waals surface area contributed by atoms with Crippen LogP contribution in [0.15, 0.2) is 30.3 Å². The molecule has 0 aliphatic heterocycles. The van der Waals surface area contributed by atoms with E-state index in [0.717, 1.165) is 31.2 Å². The molecule has 1 aromatic carbocycles. The molecule has 0 radical (unpaired) electrons. The predicted octanol–water partition coefficient (Wildman–Crippen LogP) is 2.03. The minimum absolute atomic E-state index is 0. The summed E-state index contributed by atoms with van der Waals surface area (Å²) in [6.07, 6.45) is 4.38. The van der Waals surface area contributed by atoms with Gasteiger partial charge in [-0.15, -0.1) is 12.4 Å². The van der Waals surface area contributed by atoms with Gasteiger partial charge in [0.25, 0.3) is 0 Å². The molecule has 0 aromatic heterocycles. The second-order valence-electron chi connectivity index (χ2n) is 6.56. The van der Waals surface area contributed by atoms with Gasteiger partial charge in [0, 0.05) is 33.1 Å². The first kappa shape index (κ1) is 21.3. The summed E-state index contributed by atoms with van der Waals surface area (Å²) in [5.41, 5.74) is 6.65.